The average Bonchev–Trinajstić information content (AvgIpc) is 2.94. The van der Waals surface area contributed by atoms with Crippen LogP contribution in [0.15, 0.2) is 6.33 Å². The summed E-state index contributed by atoms with van der Waals surface area (Å²) in [6, 6.07) is 0. The van der Waals surface area contributed by atoms with Crippen molar-refractivity contribution in [2.45, 2.75) is 13.3 Å². The molecule has 0 spiro atoms. The highest BCUT2D eigenvalue weighted by Crippen LogP contribution is 2.26. The molecule has 3 rings (SSSR count). The third-order valence-electron chi connectivity index (χ3n) is 2.42. The van der Waals surface area contributed by atoms with Crippen LogP contribution in [0.1, 0.15) is 12.6 Å². The van der Waals surface area contributed by atoms with Gasteiger partial charge in [0, 0.05) is 0 Å². The smallest absolute Gasteiger partial charge is 0.183 e. The fourth-order valence-corrected chi connectivity index (χ4v) is 2.27. The van der Waals surface area contributed by atoms with Crippen molar-refractivity contribution in [2.24, 2.45) is 0 Å². The second-order valence-corrected chi connectivity index (χ2v) is 4.20. The van der Waals surface area contributed by atoms with Gasteiger partial charge in [-0.1, -0.05) is 11.4 Å². The molecule has 3 heterocycles. The van der Waals surface area contributed by atoms with E-state index in [0.717, 1.165) is 17.0 Å². The van der Waals surface area contributed by atoms with E-state index in [2.05, 4.69) is 29.5 Å². The SMILES string of the molecule is CCc1nnsc1-c1nc2ncnc(N)c2[nH]1. The van der Waals surface area contributed by atoms with Gasteiger partial charge in [-0.05, 0) is 18.0 Å². The first kappa shape index (κ1) is 10.1. The fraction of sp³-hybridized carbons (Fsp3) is 0.222. The van der Waals surface area contributed by atoms with Crippen LogP contribution in [-0.2, 0) is 6.42 Å². The number of H-pyrrole nitrogens is 1. The zero-order valence-electron chi connectivity index (χ0n) is 9.01. The molecule has 0 atom stereocenters. The number of nitrogens with zero attached hydrogens (tertiary/aromatic N) is 5. The zero-order chi connectivity index (χ0) is 11.8. The Labute approximate surface area is 100 Å². The number of hydrogen-bond acceptors (Lipinski definition) is 7. The molecule has 0 radical (unpaired) electrons. The molecule has 0 amide bonds. The molecular weight excluding hydrogens is 238 g/mol. The van der Waals surface area contributed by atoms with Gasteiger partial charge in [0.25, 0.3) is 0 Å². The van der Waals surface area contributed by atoms with E-state index >= 15 is 0 Å². The minimum atomic E-state index is 0.393. The number of fused-ring (bicyclic) bond motifs is 1. The first-order valence-corrected chi connectivity index (χ1v) is 5.84. The van der Waals surface area contributed by atoms with Crippen molar-refractivity contribution in [1.29, 1.82) is 0 Å². The zero-order valence-corrected chi connectivity index (χ0v) is 9.82. The lowest BCUT2D eigenvalue weighted by atomic mass is 10.3. The van der Waals surface area contributed by atoms with Gasteiger partial charge in [-0.15, -0.1) is 5.10 Å². The van der Waals surface area contributed by atoms with Gasteiger partial charge in [-0.25, -0.2) is 15.0 Å². The van der Waals surface area contributed by atoms with Crippen molar-refractivity contribution in [3.63, 3.8) is 0 Å². The Kier molecular flexibility index (Phi) is 2.22. The van der Waals surface area contributed by atoms with Crippen molar-refractivity contribution in [3.05, 3.63) is 12.0 Å². The topological polar surface area (TPSA) is 106 Å². The molecule has 0 aliphatic heterocycles. The molecule has 0 fully saturated rings. The maximum absolute atomic E-state index is 5.74. The lowest BCUT2D eigenvalue weighted by Crippen LogP contribution is -1.91. The van der Waals surface area contributed by atoms with Gasteiger partial charge in [0.15, 0.2) is 17.3 Å². The largest absolute Gasteiger partial charge is 0.382 e. The molecule has 17 heavy (non-hydrogen) atoms. The predicted molar refractivity (Wildman–Crippen MR) is 64.4 cm³/mol. The maximum Gasteiger partial charge on any atom is 0.183 e. The molecule has 3 N–H and O–H groups in total. The summed E-state index contributed by atoms with van der Waals surface area (Å²) in [7, 11) is 0. The highest BCUT2D eigenvalue weighted by Gasteiger charge is 2.14. The van der Waals surface area contributed by atoms with Gasteiger partial charge in [0.2, 0.25) is 0 Å². The van der Waals surface area contributed by atoms with Crippen LogP contribution in [0, 0.1) is 0 Å². The summed E-state index contributed by atoms with van der Waals surface area (Å²) < 4.78 is 3.93. The number of aryl methyl sites for hydroxylation is 1. The Balaban J connectivity index is 2.22. The van der Waals surface area contributed by atoms with Crippen LogP contribution in [0.4, 0.5) is 5.82 Å². The molecule has 3 aromatic rings. The normalized spacial score (nSPS) is 11.1. The van der Waals surface area contributed by atoms with Crippen molar-refractivity contribution in [3.8, 4) is 10.7 Å². The number of nitrogen functional groups attached to an aromatic ring is 1. The first-order valence-electron chi connectivity index (χ1n) is 5.07. The number of nitrogens with one attached hydrogen (secondary N) is 1. The van der Waals surface area contributed by atoms with Crippen molar-refractivity contribution in [1.82, 2.24) is 29.5 Å². The summed E-state index contributed by atoms with van der Waals surface area (Å²) in [6.45, 7) is 2.02. The molecule has 0 saturated heterocycles. The maximum atomic E-state index is 5.74. The van der Waals surface area contributed by atoms with Crippen LogP contribution in [-0.4, -0.2) is 29.5 Å². The van der Waals surface area contributed by atoms with E-state index in [4.69, 9.17) is 5.73 Å². The Bertz CT molecular complexity index is 671. The van der Waals surface area contributed by atoms with Crippen LogP contribution < -0.4 is 5.73 Å². The van der Waals surface area contributed by atoms with Crippen LogP contribution in [0.25, 0.3) is 21.9 Å². The van der Waals surface area contributed by atoms with Crippen molar-refractivity contribution >= 4 is 28.5 Å². The predicted octanol–water partition coefficient (Wildman–Crippen LogP) is 1.02. The van der Waals surface area contributed by atoms with Gasteiger partial charge >= 0.3 is 0 Å². The molecule has 0 aliphatic rings. The van der Waals surface area contributed by atoms with E-state index in [0.29, 0.717) is 22.8 Å². The lowest BCUT2D eigenvalue weighted by molar-refractivity contribution is 0.990. The summed E-state index contributed by atoms with van der Waals surface area (Å²) in [5.74, 6) is 1.09. The molecule has 0 unspecified atom stereocenters. The summed E-state index contributed by atoms with van der Waals surface area (Å²) in [5, 5.41) is 4.04. The molecule has 7 nitrogen and oxygen atoms in total. The monoisotopic (exact) mass is 247 g/mol. The van der Waals surface area contributed by atoms with Crippen molar-refractivity contribution < 1.29 is 0 Å². The molecular formula is C9H9N7S. The second kappa shape index (κ2) is 3.74. The van der Waals surface area contributed by atoms with Gasteiger partial charge in [-0.3, -0.25) is 0 Å². The third kappa shape index (κ3) is 1.53. The highest BCUT2D eigenvalue weighted by molar-refractivity contribution is 7.09. The molecule has 0 saturated carbocycles. The standard InChI is InChI=1S/C9H9N7S/c1-2-4-6(17-16-15-4)9-13-5-7(10)11-3-12-8(5)14-9/h3H,2H2,1H3,(H3,10,11,12,13,14). The quantitative estimate of drug-likeness (QED) is 0.700. The van der Waals surface area contributed by atoms with Crippen LogP contribution in [0.5, 0.6) is 0 Å². The second-order valence-electron chi connectivity index (χ2n) is 3.45. The lowest BCUT2D eigenvalue weighted by Gasteiger charge is -1.92. The van der Waals surface area contributed by atoms with E-state index in [1.807, 2.05) is 6.92 Å². The number of anilines is 1. The minimum Gasteiger partial charge on any atom is -0.382 e. The van der Waals surface area contributed by atoms with E-state index < -0.39 is 0 Å². The van der Waals surface area contributed by atoms with Crippen LogP contribution in [0.3, 0.4) is 0 Å². The van der Waals surface area contributed by atoms with Gasteiger partial charge in [-0.2, -0.15) is 0 Å². The van der Waals surface area contributed by atoms with E-state index in [-0.39, 0.29) is 0 Å². The molecule has 0 aromatic carbocycles. The molecule has 0 aliphatic carbocycles. The van der Waals surface area contributed by atoms with Gasteiger partial charge in [0.1, 0.15) is 16.7 Å². The molecule has 3 aromatic heterocycles. The van der Waals surface area contributed by atoms with Crippen LogP contribution in [0.2, 0.25) is 0 Å². The Morgan fingerprint density at radius 1 is 1.41 bits per heavy atom. The summed E-state index contributed by atoms with van der Waals surface area (Å²) in [6.07, 6.45) is 2.21. The Morgan fingerprint density at radius 2 is 2.29 bits per heavy atom. The highest BCUT2D eigenvalue weighted by atomic mass is 32.1. The minimum absolute atomic E-state index is 0.393. The van der Waals surface area contributed by atoms with Gasteiger partial charge in [0.05, 0.1) is 5.69 Å². The number of imidazole rings is 1. The van der Waals surface area contributed by atoms with Gasteiger partial charge < -0.3 is 10.7 Å². The van der Waals surface area contributed by atoms with E-state index in [1.165, 1.54) is 17.9 Å². The number of aromatic nitrogens is 6. The summed E-state index contributed by atoms with van der Waals surface area (Å²) >= 11 is 1.30. The fourth-order valence-electron chi connectivity index (χ4n) is 1.57. The number of hydrogen-bond donors (Lipinski definition) is 2. The third-order valence-corrected chi connectivity index (χ3v) is 3.20. The summed E-state index contributed by atoms with van der Waals surface area (Å²) in [4.78, 5) is 16.4. The van der Waals surface area contributed by atoms with Crippen LogP contribution >= 0.6 is 11.5 Å². The molecule has 8 heteroatoms. The number of aromatic amines is 1. The molecule has 86 valence electrons. The Morgan fingerprint density at radius 3 is 3.06 bits per heavy atom. The van der Waals surface area contributed by atoms with E-state index in [9.17, 15) is 0 Å². The molecule has 0 bridgehead atoms. The number of nitrogens with two attached hydrogens (primary N) is 1. The van der Waals surface area contributed by atoms with Crippen molar-refractivity contribution in [2.75, 3.05) is 5.73 Å². The Hall–Kier alpha value is -2.09. The summed E-state index contributed by atoms with van der Waals surface area (Å²) in [5.41, 5.74) is 7.87. The average molecular weight is 247 g/mol. The first-order chi connectivity index (χ1) is 8.29. The number of rotatable bonds is 2. The van der Waals surface area contributed by atoms with E-state index in [1.54, 1.807) is 0 Å².